The van der Waals surface area contributed by atoms with Crippen LogP contribution in [0.2, 0.25) is 5.02 Å². The van der Waals surface area contributed by atoms with Crippen LogP contribution in [0.25, 0.3) is 16.6 Å². The van der Waals surface area contributed by atoms with Gasteiger partial charge in [-0.3, -0.25) is 4.79 Å². The van der Waals surface area contributed by atoms with Crippen LogP contribution in [-0.4, -0.2) is 10.5 Å². The molecular weight excluding hydrogens is 334 g/mol. The van der Waals surface area contributed by atoms with E-state index in [4.69, 9.17) is 16.3 Å². The molecule has 0 aliphatic rings. The number of benzene rings is 2. The normalized spacial score (nSPS) is 11.2. The molecule has 0 fully saturated rings. The van der Waals surface area contributed by atoms with Crippen LogP contribution in [-0.2, 0) is 22.6 Å². The van der Waals surface area contributed by atoms with Gasteiger partial charge in [0.2, 0.25) is 0 Å². The maximum absolute atomic E-state index is 11.1. The zero-order valence-electron chi connectivity index (χ0n) is 14.8. The van der Waals surface area contributed by atoms with Gasteiger partial charge in [0, 0.05) is 23.8 Å². The molecule has 0 unspecified atom stereocenters. The Morgan fingerprint density at radius 2 is 1.96 bits per heavy atom. The highest BCUT2D eigenvalue weighted by atomic mass is 35.5. The lowest BCUT2D eigenvalue weighted by Gasteiger charge is -2.15. The van der Waals surface area contributed by atoms with Crippen molar-refractivity contribution in [2.24, 2.45) is 5.92 Å². The summed E-state index contributed by atoms with van der Waals surface area (Å²) in [4.78, 5) is 11.1. The highest BCUT2D eigenvalue weighted by Crippen LogP contribution is 2.27. The Bertz CT molecular complexity index is 911. The van der Waals surface area contributed by atoms with Crippen molar-refractivity contribution in [2.75, 3.05) is 0 Å². The zero-order valence-corrected chi connectivity index (χ0v) is 15.5. The van der Waals surface area contributed by atoms with Crippen LogP contribution in [0.3, 0.4) is 0 Å². The van der Waals surface area contributed by atoms with E-state index in [0.717, 1.165) is 33.6 Å². The van der Waals surface area contributed by atoms with Crippen molar-refractivity contribution in [3.05, 3.63) is 64.8 Å². The number of ether oxygens (including phenoxy) is 1. The average molecular weight is 356 g/mol. The molecule has 0 saturated heterocycles. The average Bonchev–Trinajstić information content (AvgIpc) is 2.95. The molecule has 0 aliphatic carbocycles. The summed E-state index contributed by atoms with van der Waals surface area (Å²) in [6, 6.07) is 14.3. The zero-order chi connectivity index (χ0) is 18.0. The van der Waals surface area contributed by atoms with Crippen LogP contribution < -0.4 is 0 Å². The van der Waals surface area contributed by atoms with Gasteiger partial charge in [0.05, 0.1) is 5.52 Å². The Balaban J connectivity index is 2.06. The second-order valence-electron chi connectivity index (χ2n) is 6.73. The van der Waals surface area contributed by atoms with Gasteiger partial charge in [0.1, 0.15) is 6.61 Å². The first kappa shape index (κ1) is 17.6. The van der Waals surface area contributed by atoms with Crippen LogP contribution in [0, 0.1) is 5.92 Å². The Kier molecular flexibility index (Phi) is 5.14. The van der Waals surface area contributed by atoms with Gasteiger partial charge in [-0.1, -0.05) is 37.6 Å². The third-order valence-corrected chi connectivity index (χ3v) is 4.36. The fourth-order valence-corrected chi connectivity index (χ4v) is 3.25. The number of halogens is 1. The van der Waals surface area contributed by atoms with E-state index in [1.807, 2.05) is 18.2 Å². The molecule has 3 aromatic rings. The fraction of sp³-hybridized carbons (Fsp3) is 0.286. The van der Waals surface area contributed by atoms with E-state index in [9.17, 15) is 4.79 Å². The predicted molar refractivity (Wildman–Crippen MR) is 102 cm³/mol. The second kappa shape index (κ2) is 7.32. The van der Waals surface area contributed by atoms with Gasteiger partial charge in [-0.05, 0) is 59.2 Å². The Labute approximate surface area is 153 Å². The number of aromatic nitrogens is 1. The Morgan fingerprint density at radius 3 is 2.68 bits per heavy atom. The van der Waals surface area contributed by atoms with Crippen LogP contribution in [0.1, 0.15) is 31.9 Å². The number of hydrogen-bond acceptors (Lipinski definition) is 2. The molecule has 0 bridgehead atoms. The summed E-state index contributed by atoms with van der Waals surface area (Å²) in [5.41, 5.74) is 4.43. The maximum Gasteiger partial charge on any atom is 0.302 e. The SMILES string of the molecule is CC(=O)OCc1ccc2ccn(-c3ccc(Cl)cc3CC(C)C)c2c1. The summed E-state index contributed by atoms with van der Waals surface area (Å²) < 4.78 is 7.31. The molecule has 0 atom stereocenters. The lowest BCUT2D eigenvalue weighted by Crippen LogP contribution is -2.03. The largest absolute Gasteiger partial charge is 0.461 e. The second-order valence-corrected chi connectivity index (χ2v) is 7.17. The molecule has 4 heteroatoms. The van der Waals surface area contributed by atoms with Crippen molar-refractivity contribution in [2.45, 2.75) is 33.8 Å². The monoisotopic (exact) mass is 355 g/mol. The molecule has 0 amide bonds. The standard InChI is InChI=1S/C21H22ClNO2/c1-14(2)10-18-12-19(22)6-7-20(18)23-9-8-17-5-4-16(11-21(17)23)13-25-15(3)24/h4-9,11-12,14H,10,13H2,1-3H3. The number of carbonyl (C=O) groups excluding carboxylic acids is 1. The number of esters is 1. The molecule has 1 aromatic heterocycles. The molecule has 0 spiro atoms. The van der Waals surface area contributed by atoms with Crippen molar-refractivity contribution in [3.8, 4) is 5.69 Å². The summed E-state index contributed by atoms with van der Waals surface area (Å²) in [7, 11) is 0. The minimum Gasteiger partial charge on any atom is -0.461 e. The summed E-state index contributed by atoms with van der Waals surface area (Å²) in [6.45, 7) is 6.12. The van der Waals surface area contributed by atoms with E-state index >= 15 is 0 Å². The fourth-order valence-electron chi connectivity index (χ4n) is 3.05. The molecule has 3 nitrogen and oxygen atoms in total. The summed E-state index contributed by atoms with van der Waals surface area (Å²) >= 11 is 6.22. The van der Waals surface area contributed by atoms with Gasteiger partial charge >= 0.3 is 5.97 Å². The molecule has 3 rings (SSSR count). The van der Waals surface area contributed by atoms with Gasteiger partial charge in [-0.2, -0.15) is 0 Å². The first-order valence-corrected chi connectivity index (χ1v) is 8.84. The molecule has 0 N–H and O–H groups in total. The predicted octanol–water partition coefficient (Wildman–Crippen LogP) is 5.55. The summed E-state index contributed by atoms with van der Waals surface area (Å²) in [5.74, 6) is 0.269. The minimum atomic E-state index is -0.271. The van der Waals surface area contributed by atoms with Crippen LogP contribution >= 0.6 is 11.6 Å². The van der Waals surface area contributed by atoms with Gasteiger partial charge in [-0.15, -0.1) is 0 Å². The smallest absolute Gasteiger partial charge is 0.302 e. The first-order valence-electron chi connectivity index (χ1n) is 8.46. The lowest BCUT2D eigenvalue weighted by molar-refractivity contribution is -0.142. The lowest BCUT2D eigenvalue weighted by atomic mass is 10.0. The van der Waals surface area contributed by atoms with Crippen molar-refractivity contribution < 1.29 is 9.53 Å². The van der Waals surface area contributed by atoms with E-state index < -0.39 is 0 Å². The third kappa shape index (κ3) is 4.05. The Hall–Kier alpha value is -2.26. The van der Waals surface area contributed by atoms with E-state index in [-0.39, 0.29) is 12.6 Å². The van der Waals surface area contributed by atoms with Gasteiger partial charge in [-0.25, -0.2) is 0 Å². The molecular formula is C21H22ClNO2. The highest BCUT2D eigenvalue weighted by Gasteiger charge is 2.11. The Morgan fingerprint density at radius 1 is 1.16 bits per heavy atom. The quantitative estimate of drug-likeness (QED) is 0.562. The number of hydrogen-bond donors (Lipinski definition) is 0. The van der Waals surface area contributed by atoms with Crippen LogP contribution in [0.4, 0.5) is 0 Å². The molecule has 0 saturated carbocycles. The van der Waals surface area contributed by atoms with Crippen molar-refractivity contribution in [1.29, 1.82) is 0 Å². The van der Waals surface area contributed by atoms with Crippen molar-refractivity contribution in [1.82, 2.24) is 4.57 Å². The summed E-state index contributed by atoms with van der Waals surface area (Å²) in [6.07, 6.45) is 3.04. The van der Waals surface area contributed by atoms with E-state index in [1.165, 1.54) is 12.5 Å². The van der Waals surface area contributed by atoms with Crippen LogP contribution in [0.15, 0.2) is 48.7 Å². The number of rotatable bonds is 5. The molecule has 25 heavy (non-hydrogen) atoms. The van der Waals surface area contributed by atoms with Crippen LogP contribution in [0.5, 0.6) is 0 Å². The van der Waals surface area contributed by atoms with E-state index in [1.54, 1.807) is 0 Å². The van der Waals surface area contributed by atoms with Crippen molar-refractivity contribution >= 4 is 28.5 Å². The van der Waals surface area contributed by atoms with E-state index in [2.05, 4.69) is 48.9 Å². The number of carbonyl (C=O) groups is 1. The molecule has 1 heterocycles. The molecule has 0 aliphatic heterocycles. The first-order chi connectivity index (χ1) is 11.9. The maximum atomic E-state index is 11.1. The minimum absolute atomic E-state index is 0.271. The third-order valence-electron chi connectivity index (χ3n) is 4.13. The number of nitrogens with zero attached hydrogens (tertiary/aromatic N) is 1. The van der Waals surface area contributed by atoms with Crippen molar-refractivity contribution in [3.63, 3.8) is 0 Å². The highest BCUT2D eigenvalue weighted by molar-refractivity contribution is 6.30. The molecule has 0 radical (unpaired) electrons. The molecule has 130 valence electrons. The number of fused-ring (bicyclic) bond motifs is 1. The van der Waals surface area contributed by atoms with Gasteiger partial charge in [0.25, 0.3) is 0 Å². The van der Waals surface area contributed by atoms with Gasteiger partial charge in [0.15, 0.2) is 0 Å². The molecule has 2 aromatic carbocycles. The van der Waals surface area contributed by atoms with Gasteiger partial charge < -0.3 is 9.30 Å². The summed E-state index contributed by atoms with van der Waals surface area (Å²) in [5, 5.41) is 1.91. The van der Waals surface area contributed by atoms with E-state index in [0.29, 0.717) is 5.92 Å². The topological polar surface area (TPSA) is 31.2 Å².